The van der Waals surface area contributed by atoms with Crippen LogP contribution in [0.1, 0.15) is 59.4 Å². The number of alkyl halides is 2. The van der Waals surface area contributed by atoms with Gasteiger partial charge in [0.25, 0.3) is 5.92 Å². The number of carboxylic acid groups (broad SMARTS) is 1. The minimum Gasteiger partial charge on any atom is -0.478 e. The number of aromatic carboxylic acids is 1. The molecular weight excluding hydrogens is 376 g/mol. The van der Waals surface area contributed by atoms with Crippen molar-refractivity contribution < 1.29 is 37.7 Å². The molecule has 1 aliphatic rings. The van der Waals surface area contributed by atoms with Gasteiger partial charge in [-0.05, 0) is 44.9 Å². The van der Waals surface area contributed by atoms with Gasteiger partial charge in [0.1, 0.15) is 5.60 Å². The fourth-order valence-electron chi connectivity index (χ4n) is 3.08. The molecule has 1 aromatic rings. The average Bonchev–Trinajstić information content (AvgIpc) is 2.58. The largest absolute Gasteiger partial charge is 0.478 e. The molecule has 1 amide bonds. The highest BCUT2D eigenvalue weighted by molar-refractivity contribution is 6.02. The second kappa shape index (κ2) is 7.73. The molecule has 1 fully saturated rings. The van der Waals surface area contributed by atoms with Crippen LogP contribution >= 0.6 is 0 Å². The molecule has 1 atom stereocenters. The Hall–Kier alpha value is -2.71. The number of esters is 1. The summed E-state index contributed by atoms with van der Waals surface area (Å²) < 4.78 is 39.2. The number of carboxylic acids is 1. The van der Waals surface area contributed by atoms with Crippen LogP contribution in [0.3, 0.4) is 0 Å². The van der Waals surface area contributed by atoms with Crippen LogP contribution in [-0.2, 0) is 9.47 Å². The molecule has 1 N–H and O–H groups in total. The number of carbonyl (C=O) groups excluding carboxylic acids is 2. The third-order valence-electron chi connectivity index (χ3n) is 4.33. The van der Waals surface area contributed by atoms with Crippen LogP contribution in [-0.4, -0.2) is 59.8 Å². The number of rotatable bonds is 3. The van der Waals surface area contributed by atoms with E-state index in [-0.39, 0.29) is 24.1 Å². The summed E-state index contributed by atoms with van der Waals surface area (Å²) in [5, 5.41) is 9.32. The van der Waals surface area contributed by atoms with E-state index >= 15 is 0 Å². The molecule has 0 aromatic heterocycles. The number of hydrogen-bond acceptors (Lipinski definition) is 5. The lowest BCUT2D eigenvalue weighted by molar-refractivity contribution is -0.0849. The number of halogens is 2. The Morgan fingerprint density at radius 3 is 2.36 bits per heavy atom. The van der Waals surface area contributed by atoms with E-state index in [0.29, 0.717) is 0 Å². The van der Waals surface area contributed by atoms with Crippen molar-refractivity contribution in [2.75, 3.05) is 20.2 Å². The van der Waals surface area contributed by atoms with Crippen LogP contribution in [0.5, 0.6) is 0 Å². The molecule has 1 heterocycles. The van der Waals surface area contributed by atoms with Crippen LogP contribution in [0.15, 0.2) is 18.2 Å². The molecule has 0 aliphatic carbocycles. The predicted molar refractivity (Wildman–Crippen MR) is 94.9 cm³/mol. The summed E-state index contributed by atoms with van der Waals surface area (Å²) in [5.74, 6) is -6.87. The lowest BCUT2D eigenvalue weighted by atomic mass is 9.85. The fraction of sp³-hybridized carbons (Fsp3) is 0.526. The first-order valence-electron chi connectivity index (χ1n) is 8.67. The molecule has 7 nitrogen and oxygen atoms in total. The number of benzene rings is 1. The summed E-state index contributed by atoms with van der Waals surface area (Å²) >= 11 is 0. The molecule has 0 radical (unpaired) electrons. The lowest BCUT2D eigenvalue weighted by Gasteiger charge is -2.39. The molecule has 1 aromatic carbocycles. The van der Waals surface area contributed by atoms with Crippen LogP contribution in [0, 0.1) is 0 Å². The maximum absolute atomic E-state index is 14.8. The van der Waals surface area contributed by atoms with Gasteiger partial charge in [-0.3, -0.25) is 0 Å². The molecule has 28 heavy (non-hydrogen) atoms. The molecule has 1 unspecified atom stereocenters. The quantitative estimate of drug-likeness (QED) is 0.782. The zero-order valence-corrected chi connectivity index (χ0v) is 16.1. The smallest absolute Gasteiger partial charge is 0.410 e. The molecule has 0 bridgehead atoms. The van der Waals surface area contributed by atoms with Gasteiger partial charge in [0.05, 0.1) is 30.7 Å². The number of piperidine rings is 1. The Kier molecular flexibility index (Phi) is 5.96. The zero-order valence-electron chi connectivity index (χ0n) is 16.1. The van der Waals surface area contributed by atoms with Crippen LogP contribution in [0.2, 0.25) is 0 Å². The average molecular weight is 399 g/mol. The van der Waals surface area contributed by atoms with Crippen LogP contribution in [0.4, 0.5) is 13.6 Å². The maximum Gasteiger partial charge on any atom is 0.410 e. The van der Waals surface area contributed by atoms with Crippen molar-refractivity contribution in [1.82, 2.24) is 4.90 Å². The summed E-state index contributed by atoms with van der Waals surface area (Å²) in [4.78, 5) is 36.2. The van der Waals surface area contributed by atoms with Crippen LogP contribution in [0.25, 0.3) is 0 Å². The summed E-state index contributed by atoms with van der Waals surface area (Å²) in [7, 11) is 1.10. The standard InChI is InChI=1S/C19H23F2NO6/c1-18(2,3)28-17(26)22-8-7-14(19(20,21)10-22)11-5-6-12(16(25)27-4)13(9-11)15(23)24/h5-6,9,14H,7-8,10H2,1-4H3,(H,23,24). The monoisotopic (exact) mass is 399 g/mol. The van der Waals surface area contributed by atoms with E-state index in [1.54, 1.807) is 20.8 Å². The number of ether oxygens (including phenoxy) is 2. The lowest BCUT2D eigenvalue weighted by Crippen LogP contribution is -2.51. The predicted octanol–water partition coefficient (Wildman–Crippen LogP) is 3.53. The van der Waals surface area contributed by atoms with Crippen molar-refractivity contribution in [3.8, 4) is 0 Å². The van der Waals surface area contributed by atoms with Crippen LogP contribution < -0.4 is 0 Å². The third kappa shape index (κ3) is 4.76. The minimum absolute atomic E-state index is 0.0380. The van der Waals surface area contributed by atoms with E-state index in [9.17, 15) is 28.3 Å². The zero-order chi connectivity index (χ0) is 21.3. The van der Waals surface area contributed by atoms with Crippen molar-refractivity contribution in [1.29, 1.82) is 0 Å². The Labute approximate surface area is 161 Å². The summed E-state index contributed by atoms with van der Waals surface area (Å²) in [6, 6.07) is 3.53. The number of amides is 1. The first kappa shape index (κ1) is 21.6. The van der Waals surface area contributed by atoms with Crippen molar-refractivity contribution in [2.45, 2.75) is 44.6 Å². The Morgan fingerprint density at radius 2 is 1.86 bits per heavy atom. The molecule has 2 rings (SSSR count). The SMILES string of the molecule is COC(=O)c1ccc(C2CCN(C(=O)OC(C)(C)C)CC2(F)F)cc1C(=O)O. The van der Waals surface area contributed by atoms with Gasteiger partial charge < -0.3 is 19.5 Å². The van der Waals surface area contributed by atoms with Crippen molar-refractivity contribution in [2.24, 2.45) is 0 Å². The number of likely N-dealkylation sites (tertiary alicyclic amines) is 1. The number of hydrogen-bond donors (Lipinski definition) is 1. The van der Waals surface area contributed by atoms with Gasteiger partial charge in [-0.25, -0.2) is 23.2 Å². The van der Waals surface area contributed by atoms with E-state index in [4.69, 9.17) is 4.74 Å². The van der Waals surface area contributed by atoms with Crippen molar-refractivity contribution in [3.63, 3.8) is 0 Å². The van der Waals surface area contributed by atoms with Gasteiger partial charge in [-0.2, -0.15) is 0 Å². The van der Waals surface area contributed by atoms with Gasteiger partial charge in [0.2, 0.25) is 0 Å². The number of nitrogens with zero attached hydrogens (tertiary/aromatic N) is 1. The molecule has 0 saturated carbocycles. The van der Waals surface area contributed by atoms with Gasteiger partial charge in [-0.15, -0.1) is 0 Å². The van der Waals surface area contributed by atoms with E-state index in [2.05, 4.69) is 4.74 Å². The second-order valence-corrected chi connectivity index (χ2v) is 7.61. The van der Waals surface area contributed by atoms with Gasteiger partial charge in [0.15, 0.2) is 0 Å². The number of methoxy groups -OCH3 is 1. The molecule has 0 spiro atoms. The van der Waals surface area contributed by atoms with E-state index in [0.717, 1.165) is 18.1 Å². The molecule has 9 heteroatoms. The van der Waals surface area contributed by atoms with Crippen molar-refractivity contribution >= 4 is 18.0 Å². The van der Waals surface area contributed by atoms with Gasteiger partial charge in [0, 0.05) is 6.54 Å². The first-order valence-corrected chi connectivity index (χ1v) is 8.67. The number of carbonyl (C=O) groups is 3. The van der Waals surface area contributed by atoms with Gasteiger partial charge in [-0.1, -0.05) is 6.07 Å². The Balaban J connectivity index is 2.27. The first-order chi connectivity index (χ1) is 12.9. The molecule has 154 valence electrons. The maximum atomic E-state index is 14.8. The Morgan fingerprint density at radius 1 is 1.21 bits per heavy atom. The second-order valence-electron chi connectivity index (χ2n) is 7.61. The molecular formula is C19H23F2NO6. The van der Waals surface area contributed by atoms with Crippen molar-refractivity contribution in [3.05, 3.63) is 34.9 Å². The highest BCUT2D eigenvalue weighted by Crippen LogP contribution is 2.41. The Bertz CT molecular complexity index is 787. The summed E-state index contributed by atoms with van der Waals surface area (Å²) in [5.41, 5.74) is -1.34. The normalized spacial score (nSPS) is 19.1. The highest BCUT2D eigenvalue weighted by atomic mass is 19.3. The topological polar surface area (TPSA) is 93.1 Å². The minimum atomic E-state index is -3.29. The molecule has 1 saturated heterocycles. The highest BCUT2D eigenvalue weighted by Gasteiger charge is 2.47. The molecule has 1 aliphatic heterocycles. The van der Waals surface area contributed by atoms with Gasteiger partial charge >= 0.3 is 18.0 Å². The summed E-state index contributed by atoms with van der Waals surface area (Å²) in [6.07, 6.45) is -0.902. The van der Waals surface area contributed by atoms with E-state index in [1.165, 1.54) is 12.1 Å². The summed E-state index contributed by atoms with van der Waals surface area (Å²) in [6.45, 7) is 4.13. The third-order valence-corrected chi connectivity index (χ3v) is 4.33. The van der Waals surface area contributed by atoms with E-state index < -0.39 is 47.6 Å². The fourth-order valence-corrected chi connectivity index (χ4v) is 3.08. The van der Waals surface area contributed by atoms with E-state index in [1.807, 2.05) is 0 Å².